The molecule has 4 nitrogen and oxygen atoms in total. The number of nitrogens with zero attached hydrogens (tertiary/aromatic N) is 2. The summed E-state index contributed by atoms with van der Waals surface area (Å²) in [7, 11) is 0. The molecule has 0 aliphatic carbocycles. The Balaban J connectivity index is 1.77. The SMILES string of the molecule is Cc1ccc(C(=O)Nc2c3c(nn2-c2cccc(C)c2C)CSC3)cc1. The predicted molar refractivity (Wildman–Crippen MR) is 107 cm³/mol. The van der Waals surface area contributed by atoms with Crippen LogP contribution in [0.2, 0.25) is 0 Å². The molecule has 1 aromatic heterocycles. The number of amides is 1. The molecule has 2 heterocycles. The minimum absolute atomic E-state index is 0.101. The topological polar surface area (TPSA) is 46.9 Å². The summed E-state index contributed by atoms with van der Waals surface area (Å²) in [6.07, 6.45) is 0. The Hall–Kier alpha value is -2.53. The Morgan fingerprint density at radius 3 is 2.62 bits per heavy atom. The molecule has 0 bridgehead atoms. The average Bonchev–Trinajstić information content (AvgIpc) is 3.21. The zero-order valence-electron chi connectivity index (χ0n) is 15.2. The number of aryl methyl sites for hydroxylation is 2. The van der Waals surface area contributed by atoms with Crippen molar-refractivity contribution in [1.82, 2.24) is 9.78 Å². The molecule has 1 amide bonds. The van der Waals surface area contributed by atoms with Gasteiger partial charge in [-0.3, -0.25) is 4.79 Å². The highest BCUT2D eigenvalue weighted by atomic mass is 32.2. The molecule has 1 N–H and O–H groups in total. The number of anilines is 1. The van der Waals surface area contributed by atoms with E-state index in [4.69, 9.17) is 5.10 Å². The number of hydrogen-bond acceptors (Lipinski definition) is 3. The van der Waals surface area contributed by atoms with Crippen LogP contribution >= 0.6 is 11.8 Å². The largest absolute Gasteiger partial charge is 0.306 e. The highest BCUT2D eigenvalue weighted by molar-refractivity contribution is 7.98. The van der Waals surface area contributed by atoms with Crippen molar-refractivity contribution in [3.63, 3.8) is 0 Å². The van der Waals surface area contributed by atoms with Crippen molar-refractivity contribution < 1.29 is 4.79 Å². The van der Waals surface area contributed by atoms with Crippen LogP contribution in [0.1, 0.15) is 38.3 Å². The molecule has 26 heavy (non-hydrogen) atoms. The molecule has 0 saturated carbocycles. The molecule has 3 aromatic rings. The Labute approximate surface area is 157 Å². The van der Waals surface area contributed by atoms with Gasteiger partial charge in [0, 0.05) is 22.6 Å². The van der Waals surface area contributed by atoms with Crippen molar-refractivity contribution in [1.29, 1.82) is 0 Å². The molecule has 5 heteroatoms. The molecule has 0 atom stereocenters. The van der Waals surface area contributed by atoms with Gasteiger partial charge in [-0.05, 0) is 50.1 Å². The second-order valence-electron chi connectivity index (χ2n) is 6.72. The highest BCUT2D eigenvalue weighted by Gasteiger charge is 2.25. The van der Waals surface area contributed by atoms with Gasteiger partial charge < -0.3 is 5.32 Å². The maximum Gasteiger partial charge on any atom is 0.256 e. The molecule has 0 radical (unpaired) electrons. The van der Waals surface area contributed by atoms with E-state index in [0.717, 1.165) is 39.8 Å². The first-order valence-electron chi connectivity index (χ1n) is 8.67. The number of aromatic nitrogens is 2. The van der Waals surface area contributed by atoms with Crippen molar-refractivity contribution in [3.8, 4) is 5.69 Å². The van der Waals surface area contributed by atoms with E-state index in [1.54, 1.807) is 0 Å². The van der Waals surface area contributed by atoms with Gasteiger partial charge >= 0.3 is 0 Å². The first-order valence-corrected chi connectivity index (χ1v) is 9.83. The Kier molecular flexibility index (Phi) is 4.32. The van der Waals surface area contributed by atoms with E-state index >= 15 is 0 Å². The van der Waals surface area contributed by atoms with Crippen molar-refractivity contribution in [2.45, 2.75) is 32.3 Å². The smallest absolute Gasteiger partial charge is 0.256 e. The summed E-state index contributed by atoms with van der Waals surface area (Å²) in [6, 6.07) is 13.8. The molecular weight excluding hydrogens is 342 g/mol. The predicted octanol–water partition coefficient (Wildman–Crippen LogP) is 4.80. The number of thioether (sulfide) groups is 1. The van der Waals surface area contributed by atoms with Crippen LogP contribution in [0.5, 0.6) is 0 Å². The third kappa shape index (κ3) is 2.92. The van der Waals surface area contributed by atoms with Crippen molar-refractivity contribution in [2.24, 2.45) is 0 Å². The van der Waals surface area contributed by atoms with Crippen molar-refractivity contribution in [2.75, 3.05) is 5.32 Å². The Bertz CT molecular complexity index is 989. The maximum atomic E-state index is 12.8. The number of fused-ring (bicyclic) bond motifs is 1. The summed E-state index contributed by atoms with van der Waals surface area (Å²) in [5.74, 6) is 2.46. The summed E-state index contributed by atoms with van der Waals surface area (Å²) in [5.41, 5.74) is 7.40. The van der Waals surface area contributed by atoms with Crippen LogP contribution in [0.3, 0.4) is 0 Å². The summed E-state index contributed by atoms with van der Waals surface area (Å²) >= 11 is 1.83. The minimum atomic E-state index is -0.101. The van der Waals surface area contributed by atoms with Crippen LogP contribution in [-0.2, 0) is 11.5 Å². The molecule has 0 saturated heterocycles. The standard InChI is InChI=1S/C21H21N3OS/c1-13-7-9-16(10-8-13)21(25)22-20-17-11-26-12-18(17)23-24(20)19-6-4-5-14(2)15(19)3/h4-10H,11-12H2,1-3H3,(H,22,25). The van der Waals surface area contributed by atoms with Gasteiger partial charge in [-0.2, -0.15) is 16.9 Å². The van der Waals surface area contributed by atoms with Gasteiger partial charge in [-0.15, -0.1) is 0 Å². The monoisotopic (exact) mass is 363 g/mol. The van der Waals surface area contributed by atoms with Gasteiger partial charge in [0.2, 0.25) is 0 Å². The lowest BCUT2D eigenvalue weighted by Gasteiger charge is -2.14. The van der Waals surface area contributed by atoms with E-state index in [1.165, 1.54) is 11.1 Å². The van der Waals surface area contributed by atoms with Crippen LogP contribution in [0, 0.1) is 20.8 Å². The number of rotatable bonds is 3. The van der Waals surface area contributed by atoms with E-state index in [-0.39, 0.29) is 5.91 Å². The number of carbonyl (C=O) groups is 1. The van der Waals surface area contributed by atoms with Gasteiger partial charge in [0.25, 0.3) is 5.91 Å². The Morgan fingerprint density at radius 2 is 1.85 bits per heavy atom. The summed E-state index contributed by atoms with van der Waals surface area (Å²) in [5, 5.41) is 7.92. The van der Waals surface area contributed by atoms with Crippen LogP contribution in [0.4, 0.5) is 5.82 Å². The van der Waals surface area contributed by atoms with Gasteiger partial charge in [0.1, 0.15) is 5.82 Å². The zero-order chi connectivity index (χ0) is 18.3. The van der Waals surface area contributed by atoms with Crippen LogP contribution in [0.25, 0.3) is 5.69 Å². The highest BCUT2D eigenvalue weighted by Crippen LogP contribution is 2.37. The second kappa shape index (κ2) is 6.65. The molecule has 132 valence electrons. The second-order valence-corrected chi connectivity index (χ2v) is 7.70. The molecule has 2 aromatic carbocycles. The van der Waals surface area contributed by atoms with Gasteiger partial charge in [0.05, 0.1) is 11.4 Å². The third-order valence-corrected chi connectivity index (χ3v) is 5.87. The van der Waals surface area contributed by atoms with Crippen LogP contribution < -0.4 is 5.32 Å². The van der Waals surface area contributed by atoms with E-state index in [2.05, 4.69) is 31.3 Å². The van der Waals surface area contributed by atoms with E-state index in [0.29, 0.717) is 5.56 Å². The summed E-state index contributed by atoms with van der Waals surface area (Å²) < 4.78 is 1.90. The number of nitrogens with one attached hydrogen (secondary N) is 1. The first kappa shape index (κ1) is 16.9. The number of carbonyl (C=O) groups excluding carboxylic acids is 1. The molecule has 1 aliphatic heterocycles. The maximum absolute atomic E-state index is 12.8. The Morgan fingerprint density at radius 1 is 1.08 bits per heavy atom. The van der Waals surface area contributed by atoms with Crippen molar-refractivity contribution >= 4 is 23.5 Å². The molecule has 0 fully saturated rings. The fourth-order valence-corrected chi connectivity index (χ4v) is 4.20. The lowest BCUT2D eigenvalue weighted by atomic mass is 10.1. The quantitative estimate of drug-likeness (QED) is 0.727. The fourth-order valence-electron chi connectivity index (χ4n) is 3.17. The van der Waals surface area contributed by atoms with Gasteiger partial charge in [0.15, 0.2) is 0 Å². The zero-order valence-corrected chi connectivity index (χ0v) is 16.0. The number of hydrogen-bond donors (Lipinski definition) is 1. The summed E-state index contributed by atoms with van der Waals surface area (Å²) in [4.78, 5) is 12.8. The molecule has 1 aliphatic rings. The third-order valence-electron chi connectivity index (χ3n) is 4.90. The fraction of sp³-hybridized carbons (Fsp3) is 0.238. The average molecular weight is 363 g/mol. The van der Waals surface area contributed by atoms with Gasteiger partial charge in [-0.25, -0.2) is 4.68 Å². The van der Waals surface area contributed by atoms with E-state index in [1.807, 2.05) is 53.7 Å². The summed E-state index contributed by atoms with van der Waals surface area (Å²) in [6.45, 7) is 6.20. The van der Waals surface area contributed by atoms with Crippen molar-refractivity contribution in [3.05, 3.63) is 76.0 Å². The van der Waals surface area contributed by atoms with E-state index < -0.39 is 0 Å². The van der Waals surface area contributed by atoms with E-state index in [9.17, 15) is 4.79 Å². The van der Waals surface area contributed by atoms with Crippen LogP contribution in [-0.4, -0.2) is 15.7 Å². The molecule has 4 rings (SSSR count). The normalized spacial score (nSPS) is 12.9. The molecule has 0 spiro atoms. The first-order chi connectivity index (χ1) is 12.5. The number of benzene rings is 2. The molecular formula is C21H21N3OS. The van der Waals surface area contributed by atoms with Gasteiger partial charge in [-0.1, -0.05) is 29.8 Å². The lowest BCUT2D eigenvalue weighted by molar-refractivity contribution is 0.102. The molecule has 0 unspecified atom stereocenters. The van der Waals surface area contributed by atoms with Crippen LogP contribution in [0.15, 0.2) is 42.5 Å². The lowest BCUT2D eigenvalue weighted by Crippen LogP contribution is -2.16. The minimum Gasteiger partial charge on any atom is -0.306 e.